The molecule has 2 rings (SSSR count). The van der Waals surface area contributed by atoms with Gasteiger partial charge in [0.1, 0.15) is 5.60 Å². The van der Waals surface area contributed by atoms with Crippen LogP contribution in [0.5, 0.6) is 0 Å². The number of rotatable bonds is 0. The molecule has 0 aromatic carbocycles. The number of hydrogen-bond donors (Lipinski definition) is 0. The van der Waals surface area contributed by atoms with Crippen LogP contribution in [0.4, 0.5) is 4.79 Å². The van der Waals surface area contributed by atoms with E-state index in [-0.39, 0.29) is 6.09 Å². The minimum atomic E-state index is -0.452. The Hall–Kier alpha value is -1.10. The predicted molar refractivity (Wildman–Crippen MR) is 72.3 cm³/mol. The molecule has 0 fully saturated rings. The van der Waals surface area contributed by atoms with E-state index in [2.05, 4.69) is 20.9 Å². The number of halogens is 1. The smallest absolute Gasteiger partial charge is 0.410 e. The van der Waals surface area contributed by atoms with Gasteiger partial charge < -0.3 is 9.64 Å². The number of ether oxygens (including phenoxy) is 1. The molecular formula is C13H17BrN2O2. The number of carbonyl (C=O) groups excluding carboxylic acids is 1. The van der Waals surface area contributed by atoms with Gasteiger partial charge in [0.15, 0.2) is 0 Å². The fourth-order valence-corrected chi connectivity index (χ4v) is 2.26. The number of pyridine rings is 1. The van der Waals surface area contributed by atoms with Crippen LogP contribution in [-0.4, -0.2) is 28.1 Å². The van der Waals surface area contributed by atoms with Crippen LogP contribution in [0.2, 0.25) is 0 Å². The molecule has 0 saturated heterocycles. The minimum absolute atomic E-state index is 0.256. The lowest BCUT2D eigenvalue weighted by Gasteiger charge is -2.30. The van der Waals surface area contributed by atoms with Crippen molar-refractivity contribution in [1.82, 2.24) is 9.88 Å². The van der Waals surface area contributed by atoms with Crippen molar-refractivity contribution in [1.29, 1.82) is 0 Å². The summed E-state index contributed by atoms with van der Waals surface area (Å²) in [5.41, 5.74) is 1.70. The molecule has 1 aromatic rings. The Morgan fingerprint density at radius 2 is 2.22 bits per heavy atom. The first-order valence-electron chi connectivity index (χ1n) is 5.96. The molecule has 0 aliphatic carbocycles. The van der Waals surface area contributed by atoms with Gasteiger partial charge >= 0.3 is 6.09 Å². The van der Waals surface area contributed by atoms with Crippen molar-refractivity contribution in [2.75, 3.05) is 6.54 Å². The lowest BCUT2D eigenvalue weighted by molar-refractivity contribution is 0.0222. The van der Waals surface area contributed by atoms with Gasteiger partial charge in [0.25, 0.3) is 0 Å². The van der Waals surface area contributed by atoms with E-state index in [1.807, 2.05) is 26.8 Å². The zero-order chi connectivity index (χ0) is 13.3. The van der Waals surface area contributed by atoms with Crippen LogP contribution < -0.4 is 0 Å². The summed E-state index contributed by atoms with van der Waals surface area (Å²) in [6, 6.07) is 2.01. The normalized spacial score (nSPS) is 15.2. The summed E-state index contributed by atoms with van der Waals surface area (Å²) < 4.78 is 6.31. The van der Waals surface area contributed by atoms with E-state index >= 15 is 0 Å². The highest BCUT2D eigenvalue weighted by atomic mass is 79.9. The first-order chi connectivity index (χ1) is 8.35. The first kappa shape index (κ1) is 13.3. The Morgan fingerprint density at radius 3 is 2.89 bits per heavy atom. The van der Waals surface area contributed by atoms with Gasteiger partial charge in [0.05, 0.1) is 6.54 Å². The van der Waals surface area contributed by atoms with Crippen LogP contribution in [0.1, 0.15) is 32.0 Å². The average molecular weight is 313 g/mol. The third-order valence-electron chi connectivity index (χ3n) is 2.66. The molecule has 1 aromatic heterocycles. The zero-order valence-electron chi connectivity index (χ0n) is 10.9. The van der Waals surface area contributed by atoms with Crippen LogP contribution in [-0.2, 0) is 17.7 Å². The molecule has 0 saturated carbocycles. The molecule has 0 atom stereocenters. The van der Waals surface area contributed by atoms with Gasteiger partial charge in [-0.25, -0.2) is 4.79 Å². The van der Waals surface area contributed by atoms with E-state index in [0.29, 0.717) is 13.1 Å². The van der Waals surface area contributed by atoms with E-state index in [9.17, 15) is 4.79 Å². The number of nitrogens with zero attached hydrogens (tertiary/aromatic N) is 2. The van der Waals surface area contributed by atoms with Crippen molar-refractivity contribution < 1.29 is 9.53 Å². The van der Waals surface area contributed by atoms with Crippen LogP contribution in [0.25, 0.3) is 0 Å². The molecular weight excluding hydrogens is 296 g/mol. The molecule has 2 heterocycles. The number of aromatic nitrogens is 1. The molecule has 0 unspecified atom stereocenters. The topological polar surface area (TPSA) is 42.4 Å². The van der Waals surface area contributed by atoms with Gasteiger partial charge in [-0.1, -0.05) is 0 Å². The van der Waals surface area contributed by atoms with Gasteiger partial charge in [-0.15, -0.1) is 0 Å². The van der Waals surface area contributed by atoms with Crippen molar-refractivity contribution in [3.63, 3.8) is 0 Å². The maximum atomic E-state index is 12.0. The number of fused-ring (bicyclic) bond motifs is 1. The molecule has 98 valence electrons. The van der Waals surface area contributed by atoms with Gasteiger partial charge in [-0.2, -0.15) is 0 Å². The molecule has 5 heteroatoms. The third-order valence-corrected chi connectivity index (χ3v) is 3.09. The van der Waals surface area contributed by atoms with Gasteiger partial charge in [0.2, 0.25) is 0 Å². The summed E-state index contributed by atoms with van der Waals surface area (Å²) in [5.74, 6) is 0. The third kappa shape index (κ3) is 3.22. The molecule has 1 aliphatic rings. The van der Waals surface area contributed by atoms with Crippen LogP contribution >= 0.6 is 15.9 Å². The van der Waals surface area contributed by atoms with Gasteiger partial charge in [-0.05, 0) is 48.3 Å². The Bertz CT molecular complexity index is 469. The van der Waals surface area contributed by atoms with Crippen molar-refractivity contribution in [3.8, 4) is 0 Å². The first-order valence-corrected chi connectivity index (χ1v) is 6.76. The van der Waals surface area contributed by atoms with Crippen LogP contribution in [0.3, 0.4) is 0 Å². The number of carbonyl (C=O) groups is 1. The van der Waals surface area contributed by atoms with Crippen molar-refractivity contribution >= 4 is 22.0 Å². The van der Waals surface area contributed by atoms with Crippen LogP contribution in [0.15, 0.2) is 16.7 Å². The summed E-state index contributed by atoms with van der Waals surface area (Å²) >= 11 is 3.40. The summed E-state index contributed by atoms with van der Waals surface area (Å²) in [7, 11) is 0. The highest BCUT2D eigenvalue weighted by Gasteiger charge is 2.26. The summed E-state index contributed by atoms with van der Waals surface area (Å²) in [5, 5.41) is 0. The fraction of sp³-hybridized carbons (Fsp3) is 0.538. The quantitative estimate of drug-likeness (QED) is 0.739. The Morgan fingerprint density at radius 1 is 1.50 bits per heavy atom. The molecule has 0 bridgehead atoms. The standard InChI is InChI=1S/C13H17BrN2O2/c1-13(2,3)18-12(17)16-5-4-11-9(8-16)6-10(14)7-15-11/h6-7H,4-5,8H2,1-3H3. The summed E-state index contributed by atoms with van der Waals surface area (Å²) in [4.78, 5) is 18.1. The van der Waals surface area contributed by atoms with Crippen molar-refractivity contribution in [2.24, 2.45) is 0 Å². The lowest BCUT2D eigenvalue weighted by atomic mass is 10.1. The van der Waals surface area contributed by atoms with E-state index in [0.717, 1.165) is 22.2 Å². The maximum absolute atomic E-state index is 12.0. The van der Waals surface area contributed by atoms with Gasteiger partial charge in [0, 0.05) is 29.3 Å². The van der Waals surface area contributed by atoms with E-state index in [1.54, 1.807) is 11.1 Å². The SMILES string of the molecule is CC(C)(C)OC(=O)N1CCc2ncc(Br)cc2C1. The number of hydrogen-bond acceptors (Lipinski definition) is 3. The molecule has 4 nitrogen and oxygen atoms in total. The van der Waals surface area contributed by atoms with Crippen molar-refractivity contribution in [2.45, 2.75) is 39.3 Å². The second-order valence-electron chi connectivity index (χ2n) is 5.41. The Kier molecular flexibility index (Phi) is 3.61. The molecule has 0 radical (unpaired) electrons. The molecule has 0 N–H and O–H groups in total. The van der Waals surface area contributed by atoms with E-state index < -0.39 is 5.60 Å². The summed E-state index contributed by atoms with van der Waals surface area (Å²) in [6.07, 6.45) is 2.32. The second kappa shape index (κ2) is 4.88. The average Bonchev–Trinajstić information content (AvgIpc) is 2.25. The molecule has 1 amide bonds. The predicted octanol–water partition coefficient (Wildman–Crippen LogP) is 3.14. The largest absolute Gasteiger partial charge is 0.444 e. The highest BCUT2D eigenvalue weighted by Crippen LogP contribution is 2.22. The Balaban J connectivity index is 2.09. The van der Waals surface area contributed by atoms with E-state index in [4.69, 9.17) is 4.74 Å². The maximum Gasteiger partial charge on any atom is 0.410 e. The Labute approximate surface area is 115 Å². The minimum Gasteiger partial charge on any atom is -0.444 e. The molecule has 0 spiro atoms. The zero-order valence-corrected chi connectivity index (χ0v) is 12.5. The fourth-order valence-electron chi connectivity index (χ4n) is 1.88. The second-order valence-corrected chi connectivity index (χ2v) is 6.33. The van der Waals surface area contributed by atoms with Gasteiger partial charge in [-0.3, -0.25) is 4.98 Å². The summed E-state index contributed by atoms with van der Waals surface area (Å²) in [6.45, 7) is 6.86. The monoisotopic (exact) mass is 312 g/mol. The van der Waals surface area contributed by atoms with Crippen molar-refractivity contribution in [3.05, 3.63) is 28.0 Å². The number of amides is 1. The highest BCUT2D eigenvalue weighted by molar-refractivity contribution is 9.10. The molecule has 1 aliphatic heterocycles. The molecule has 18 heavy (non-hydrogen) atoms. The lowest BCUT2D eigenvalue weighted by Crippen LogP contribution is -2.40. The van der Waals surface area contributed by atoms with Crippen LogP contribution in [0, 0.1) is 0 Å². The van der Waals surface area contributed by atoms with E-state index in [1.165, 1.54) is 0 Å².